The highest BCUT2D eigenvalue weighted by Gasteiger charge is 2.22. The minimum absolute atomic E-state index is 0.154. The highest BCUT2D eigenvalue weighted by molar-refractivity contribution is 8.26. The van der Waals surface area contributed by atoms with Crippen LogP contribution in [0, 0.1) is 11.3 Å². The number of hydrogen-bond donors (Lipinski definition) is 1. The van der Waals surface area contributed by atoms with Crippen molar-refractivity contribution in [3.05, 3.63) is 40.9 Å². The van der Waals surface area contributed by atoms with Crippen molar-refractivity contribution in [2.24, 2.45) is 0 Å². The molecule has 1 saturated heterocycles. The van der Waals surface area contributed by atoms with E-state index in [0.717, 1.165) is 16.5 Å². The average molecular weight is 313 g/mol. The van der Waals surface area contributed by atoms with Gasteiger partial charge in [0.15, 0.2) is 0 Å². The number of fused-ring (bicyclic) bond motifs is 1. The van der Waals surface area contributed by atoms with Crippen molar-refractivity contribution in [2.75, 3.05) is 0 Å². The lowest BCUT2D eigenvalue weighted by Gasteiger charge is -2.00. The predicted octanol–water partition coefficient (Wildman–Crippen LogP) is 3.04. The van der Waals surface area contributed by atoms with E-state index >= 15 is 0 Å². The zero-order chi connectivity index (χ0) is 14.8. The maximum atomic E-state index is 11.8. The molecule has 0 radical (unpaired) electrons. The average Bonchev–Trinajstić information content (AvgIpc) is 2.98. The third kappa shape index (κ3) is 2.71. The largest absolute Gasteiger partial charge is 0.346 e. The van der Waals surface area contributed by atoms with Gasteiger partial charge in [-0.2, -0.15) is 5.26 Å². The molecule has 1 fully saturated rings. The maximum absolute atomic E-state index is 11.8. The molecule has 1 aromatic heterocycles. The summed E-state index contributed by atoms with van der Waals surface area (Å²) in [5.74, 6) is -0.154. The first-order valence-electron chi connectivity index (χ1n) is 6.39. The van der Waals surface area contributed by atoms with Crippen molar-refractivity contribution in [1.82, 2.24) is 9.88 Å². The van der Waals surface area contributed by atoms with Crippen LogP contribution in [0.3, 0.4) is 0 Å². The minimum Gasteiger partial charge on any atom is -0.346 e. The van der Waals surface area contributed by atoms with Crippen molar-refractivity contribution in [3.8, 4) is 6.07 Å². The molecule has 0 spiro atoms. The van der Waals surface area contributed by atoms with Gasteiger partial charge >= 0.3 is 0 Å². The van der Waals surface area contributed by atoms with Crippen molar-refractivity contribution in [2.45, 2.75) is 13.0 Å². The SMILES string of the molecule is N#CCCn1cc(C=C2SC(=S)NC2=O)c2ccccc21. The molecule has 1 N–H and O–H groups in total. The van der Waals surface area contributed by atoms with Gasteiger partial charge in [0.1, 0.15) is 4.32 Å². The second kappa shape index (κ2) is 5.72. The molecule has 0 aliphatic carbocycles. The Bertz CT molecular complexity index is 814. The summed E-state index contributed by atoms with van der Waals surface area (Å²) in [5, 5.41) is 12.4. The minimum atomic E-state index is -0.154. The van der Waals surface area contributed by atoms with Crippen molar-refractivity contribution in [3.63, 3.8) is 0 Å². The summed E-state index contributed by atoms with van der Waals surface area (Å²) < 4.78 is 2.53. The third-order valence-corrected chi connectivity index (χ3v) is 4.38. The maximum Gasteiger partial charge on any atom is 0.263 e. The van der Waals surface area contributed by atoms with E-state index in [1.165, 1.54) is 11.8 Å². The molecule has 1 aliphatic rings. The van der Waals surface area contributed by atoms with Crippen molar-refractivity contribution < 1.29 is 4.79 Å². The fourth-order valence-corrected chi connectivity index (χ4v) is 3.34. The number of carbonyl (C=O) groups is 1. The number of nitrogens with one attached hydrogen (secondary N) is 1. The van der Waals surface area contributed by atoms with Crippen LogP contribution < -0.4 is 5.32 Å². The molecule has 104 valence electrons. The molecule has 3 rings (SSSR count). The van der Waals surface area contributed by atoms with Gasteiger partial charge < -0.3 is 9.88 Å². The van der Waals surface area contributed by atoms with E-state index in [1.54, 1.807) is 0 Å². The molecule has 0 unspecified atom stereocenters. The van der Waals surface area contributed by atoms with Gasteiger partial charge in [-0.05, 0) is 12.1 Å². The van der Waals surface area contributed by atoms with E-state index in [0.29, 0.717) is 22.2 Å². The van der Waals surface area contributed by atoms with Gasteiger partial charge in [0.25, 0.3) is 5.91 Å². The molecule has 0 saturated carbocycles. The number of para-hydroxylation sites is 1. The number of thioether (sulfide) groups is 1. The van der Waals surface area contributed by atoms with Crippen LogP contribution in [0.15, 0.2) is 35.4 Å². The number of hydrogen-bond acceptors (Lipinski definition) is 4. The highest BCUT2D eigenvalue weighted by Crippen LogP contribution is 2.29. The Balaban J connectivity index is 2.07. The first kappa shape index (κ1) is 13.9. The number of amides is 1. The lowest BCUT2D eigenvalue weighted by molar-refractivity contribution is -0.115. The van der Waals surface area contributed by atoms with Gasteiger partial charge in [-0.1, -0.05) is 42.2 Å². The molecule has 2 heterocycles. The third-order valence-electron chi connectivity index (χ3n) is 3.21. The standard InChI is InChI=1S/C15H11N3OS2/c16-6-3-7-18-9-10(11-4-1-2-5-12(11)18)8-13-14(19)17-15(20)21-13/h1-2,4-5,8-9H,3,7H2,(H,17,19,20). The first-order valence-corrected chi connectivity index (χ1v) is 7.61. The number of carbonyl (C=O) groups excluding carboxylic acids is 1. The predicted molar refractivity (Wildman–Crippen MR) is 88.5 cm³/mol. The highest BCUT2D eigenvalue weighted by atomic mass is 32.2. The molecule has 6 heteroatoms. The monoisotopic (exact) mass is 313 g/mol. The fraction of sp³-hybridized carbons (Fsp3) is 0.133. The molecule has 1 aliphatic heterocycles. The Hall–Kier alpha value is -2.10. The second-order valence-electron chi connectivity index (χ2n) is 4.56. The van der Waals surface area contributed by atoms with Gasteiger partial charge in [-0.25, -0.2) is 0 Å². The molecule has 1 amide bonds. The number of rotatable bonds is 3. The number of aryl methyl sites for hydroxylation is 1. The van der Waals surface area contributed by atoms with Crippen LogP contribution >= 0.6 is 24.0 Å². The van der Waals surface area contributed by atoms with E-state index < -0.39 is 0 Å². The van der Waals surface area contributed by atoms with Gasteiger partial charge in [-0.15, -0.1) is 0 Å². The summed E-state index contributed by atoms with van der Waals surface area (Å²) in [4.78, 5) is 12.4. The van der Waals surface area contributed by atoms with Crippen LogP contribution in [0.5, 0.6) is 0 Å². The number of thiocarbonyl (C=S) groups is 1. The normalized spacial score (nSPS) is 16.4. The second-order valence-corrected chi connectivity index (χ2v) is 6.27. The van der Waals surface area contributed by atoms with Crippen molar-refractivity contribution in [1.29, 1.82) is 5.26 Å². The number of nitrogens with zero attached hydrogens (tertiary/aromatic N) is 2. The summed E-state index contributed by atoms with van der Waals surface area (Å²) in [6.07, 6.45) is 4.28. The van der Waals surface area contributed by atoms with Crippen LogP contribution in [-0.4, -0.2) is 14.8 Å². The summed E-state index contributed by atoms with van der Waals surface area (Å²) in [6, 6.07) is 10.1. The van der Waals surface area contributed by atoms with Crippen LogP contribution in [0.1, 0.15) is 12.0 Å². The lowest BCUT2D eigenvalue weighted by Crippen LogP contribution is -2.17. The number of nitriles is 1. The molecular weight excluding hydrogens is 302 g/mol. The van der Waals surface area contributed by atoms with Crippen molar-refractivity contribution >= 4 is 51.2 Å². The molecule has 0 atom stereocenters. The first-order chi connectivity index (χ1) is 10.2. The lowest BCUT2D eigenvalue weighted by atomic mass is 10.1. The van der Waals surface area contributed by atoms with Gasteiger partial charge in [-0.3, -0.25) is 4.79 Å². The quantitative estimate of drug-likeness (QED) is 0.699. The molecule has 4 nitrogen and oxygen atoms in total. The molecule has 2 aromatic rings. The van der Waals surface area contributed by atoms with Crippen LogP contribution in [-0.2, 0) is 11.3 Å². The fourth-order valence-electron chi connectivity index (χ4n) is 2.31. The summed E-state index contributed by atoms with van der Waals surface area (Å²) >= 11 is 6.27. The van der Waals surface area contributed by atoms with Crippen LogP contribution in [0.2, 0.25) is 0 Å². The Morgan fingerprint density at radius 2 is 2.24 bits per heavy atom. The van der Waals surface area contributed by atoms with E-state index in [2.05, 4.69) is 11.4 Å². The molecular formula is C15H11N3OS2. The molecule has 1 aromatic carbocycles. The summed E-state index contributed by atoms with van der Waals surface area (Å²) in [7, 11) is 0. The summed E-state index contributed by atoms with van der Waals surface area (Å²) in [5.41, 5.74) is 2.02. The molecule has 21 heavy (non-hydrogen) atoms. The Kier molecular flexibility index (Phi) is 3.78. The van der Waals surface area contributed by atoms with Crippen LogP contribution in [0.4, 0.5) is 0 Å². The Morgan fingerprint density at radius 1 is 1.43 bits per heavy atom. The smallest absolute Gasteiger partial charge is 0.263 e. The topological polar surface area (TPSA) is 57.8 Å². The van der Waals surface area contributed by atoms with E-state index in [-0.39, 0.29) is 5.91 Å². The van der Waals surface area contributed by atoms with E-state index in [4.69, 9.17) is 17.5 Å². The van der Waals surface area contributed by atoms with Gasteiger partial charge in [0.2, 0.25) is 0 Å². The Morgan fingerprint density at radius 3 is 2.95 bits per heavy atom. The van der Waals surface area contributed by atoms with Gasteiger partial charge in [0, 0.05) is 29.2 Å². The zero-order valence-corrected chi connectivity index (χ0v) is 12.6. The van der Waals surface area contributed by atoms with E-state index in [9.17, 15) is 4.79 Å². The summed E-state index contributed by atoms with van der Waals surface area (Å²) in [6.45, 7) is 0.637. The Labute approximate surface area is 131 Å². The molecule has 0 bridgehead atoms. The zero-order valence-electron chi connectivity index (χ0n) is 11.0. The van der Waals surface area contributed by atoms with Gasteiger partial charge in [0.05, 0.1) is 17.4 Å². The van der Waals surface area contributed by atoms with Crippen LogP contribution in [0.25, 0.3) is 17.0 Å². The van der Waals surface area contributed by atoms with E-state index in [1.807, 2.05) is 41.1 Å². The number of benzene rings is 1. The number of aromatic nitrogens is 1.